The first kappa shape index (κ1) is 14.3. The van der Waals surface area contributed by atoms with Gasteiger partial charge in [0, 0.05) is 10.7 Å². The normalized spacial score (nSPS) is 11.7. The molecule has 0 saturated heterocycles. The number of rotatable bonds is 6. The van der Waals surface area contributed by atoms with Gasteiger partial charge in [0.2, 0.25) is 0 Å². The van der Waals surface area contributed by atoms with Gasteiger partial charge in [0.25, 0.3) is 0 Å². The maximum Gasteiger partial charge on any atom is 0.0102 e. The molecular weight excluding hydrogens is 372 g/mol. The highest BCUT2D eigenvalue weighted by atomic mass is 79.9. The molecule has 0 amide bonds. The van der Waals surface area contributed by atoms with E-state index in [2.05, 4.69) is 79.0 Å². The molecule has 1 heterocycles. The third kappa shape index (κ3) is 3.69. The van der Waals surface area contributed by atoms with Crippen LogP contribution < -0.4 is 0 Å². The molecule has 96 valence electrons. The second kappa shape index (κ2) is 6.88. The van der Waals surface area contributed by atoms with Gasteiger partial charge in [0.05, 0.1) is 0 Å². The number of benzene rings is 1. The number of hydrogen-bond acceptors (Lipinski definition) is 1. The second-order valence-corrected chi connectivity index (χ2v) is 6.64. The minimum atomic E-state index is 0.252. The third-order valence-corrected chi connectivity index (χ3v) is 6.26. The summed E-state index contributed by atoms with van der Waals surface area (Å²) in [5.41, 5.74) is 3.10. The Kier molecular flexibility index (Phi) is 5.46. The van der Waals surface area contributed by atoms with Crippen molar-refractivity contribution in [1.29, 1.82) is 0 Å². The molecule has 0 aliphatic rings. The molecule has 0 radical (unpaired) electrons. The molecule has 2 rings (SSSR count). The molecule has 3 heteroatoms. The maximum atomic E-state index is 3.71. The van der Waals surface area contributed by atoms with Gasteiger partial charge < -0.3 is 0 Å². The fraction of sp³-hybridized carbons (Fsp3) is 0.333. The predicted octanol–water partition coefficient (Wildman–Crippen LogP) is 5.31. The largest absolute Gasteiger partial charge is 0.152 e. The summed E-state index contributed by atoms with van der Waals surface area (Å²) in [6.07, 6.45) is 2.21. The molecule has 0 fully saturated rings. The number of hydrogen-bond donors (Lipinski definition) is 0. The standard InChI is InChI=1S/C15H16Br2S/c16-11-15(12-17,9-14-6-7-18-10-14)8-13-4-2-1-3-5-13/h1-7,10H,8-9,11-12H2. The van der Waals surface area contributed by atoms with Crippen molar-refractivity contribution in [1.82, 2.24) is 0 Å². The fourth-order valence-corrected chi connectivity index (χ4v) is 4.53. The summed E-state index contributed by atoms with van der Waals surface area (Å²) in [5, 5.41) is 6.43. The van der Waals surface area contributed by atoms with E-state index in [1.54, 1.807) is 11.3 Å². The summed E-state index contributed by atoms with van der Waals surface area (Å²) in [6, 6.07) is 13.0. The van der Waals surface area contributed by atoms with Gasteiger partial charge in [-0.2, -0.15) is 11.3 Å². The van der Waals surface area contributed by atoms with E-state index in [0.29, 0.717) is 0 Å². The minimum Gasteiger partial charge on any atom is -0.152 e. The van der Waals surface area contributed by atoms with Crippen LogP contribution in [0.3, 0.4) is 0 Å². The van der Waals surface area contributed by atoms with Crippen LogP contribution >= 0.6 is 43.2 Å². The minimum absolute atomic E-state index is 0.252. The smallest absolute Gasteiger partial charge is 0.0102 e. The molecule has 0 saturated carbocycles. The Bertz CT molecular complexity index is 447. The van der Waals surface area contributed by atoms with Gasteiger partial charge in [0.1, 0.15) is 0 Å². The van der Waals surface area contributed by atoms with Gasteiger partial charge in [-0.05, 0) is 46.2 Å². The van der Waals surface area contributed by atoms with Gasteiger partial charge in [0.15, 0.2) is 0 Å². The summed E-state index contributed by atoms with van der Waals surface area (Å²) < 4.78 is 0. The molecule has 0 aliphatic carbocycles. The van der Waals surface area contributed by atoms with Crippen molar-refractivity contribution < 1.29 is 0 Å². The van der Waals surface area contributed by atoms with Crippen molar-refractivity contribution in [2.45, 2.75) is 12.8 Å². The van der Waals surface area contributed by atoms with Crippen LogP contribution in [0.4, 0.5) is 0 Å². The summed E-state index contributed by atoms with van der Waals surface area (Å²) in [4.78, 5) is 0. The van der Waals surface area contributed by atoms with Gasteiger partial charge in [-0.15, -0.1) is 0 Å². The van der Waals surface area contributed by atoms with Crippen LogP contribution in [-0.2, 0) is 12.8 Å². The van der Waals surface area contributed by atoms with Crippen molar-refractivity contribution in [3.63, 3.8) is 0 Å². The van der Waals surface area contributed by atoms with E-state index in [0.717, 1.165) is 23.5 Å². The van der Waals surface area contributed by atoms with Crippen molar-refractivity contribution in [3.8, 4) is 0 Å². The first-order valence-electron chi connectivity index (χ1n) is 5.95. The topological polar surface area (TPSA) is 0 Å². The van der Waals surface area contributed by atoms with E-state index >= 15 is 0 Å². The third-order valence-electron chi connectivity index (χ3n) is 3.15. The zero-order valence-electron chi connectivity index (χ0n) is 10.1. The number of alkyl halides is 2. The van der Waals surface area contributed by atoms with E-state index in [-0.39, 0.29) is 5.41 Å². The quantitative estimate of drug-likeness (QED) is 0.589. The lowest BCUT2D eigenvalue weighted by Crippen LogP contribution is -2.30. The maximum absolute atomic E-state index is 3.71. The van der Waals surface area contributed by atoms with E-state index in [1.807, 2.05) is 0 Å². The molecule has 2 aromatic rings. The monoisotopic (exact) mass is 386 g/mol. The van der Waals surface area contributed by atoms with E-state index in [4.69, 9.17) is 0 Å². The van der Waals surface area contributed by atoms with Gasteiger partial charge in [-0.3, -0.25) is 0 Å². The first-order valence-corrected chi connectivity index (χ1v) is 9.13. The van der Waals surface area contributed by atoms with Gasteiger partial charge in [-0.25, -0.2) is 0 Å². The molecule has 0 spiro atoms. The first-order chi connectivity index (χ1) is 8.78. The predicted molar refractivity (Wildman–Crippen MR) is 88.2 cm³/mol. The van der Waals surface area contributed by atoms with Gasteiger partial charge >= 0.3 is 0 Å². The van der Waals surface area contributed by atoms with Crippen LogP contribution in [0.15, 0.2) is 47.2 Å². The van der Waals surface area contributed by atoms with Crippen LogP contribution in [0.1, 0.15) is 11.1 Å². The molecule has 1 aromatic heterocycles. The van der Waals surface area contributed by atoms with Crippen LogP contribution in [0.2, 0.25) is 0 Å². The molecular formula is C15H16Br2S. The van der Waals surface area contributed by atoms with Crippen molar-refractivity contribution >= 4 is 43.2 Å². The average molecular weight is 388 g/mol. The summed E-state index contributed by atoms with van der Waals surface area (Å²) in [6.45, 7) is 0. The van der Waals surface area contributed by atoms with E-state index in [1.165, 1.54) is 11.1 Å². The van der Waals surface area contributed by atoms with Crippen LogP contribution in [0.25, 0.3) is 0 Å². The molecule has 0 nitrogen and oxygen atoms in total. The Morgan fingerprint density at radius 3 is 2.11 bits per heavy atom. The van der Waals surface area contributed by atoms with Gasteiger partial charge in [-0.1, -0.05) is 62.2 Å². The van der Waals surface area contributed by atoms with Crippen LogP contribution in [0.5, 0.6) is 0 Å². The molecule has 1 aromatic carbocycles. The fourth-order valence-electron chi connectivity index (χ4n) is 2.14. The van der Waals surface area contributed by atoms with Crippen LogP contribution in [-0.4, -0.2) is 10.7 Å². The highest BCUT2D eigenvalue weighted by Crippen LogP contribution is 2.32. The van der Waals surface area contributed by atoms with E-state index in [9.17, 15) is 0 Å². The Hall–Kier alpha value is -0.120. The second-order valence-electron chi connectivity index (χ2n) is 4.74. The lowest BCUT2D eigenvalue weighted by atomic mass is 9.81. The zero-order chi connectivity index (χ0) is 12.8. The molecule has 0 N–H and O–H groups in total. The highest BCUT2D eigenvalue weighted by Gasteiger charge is 2.28. The van der Waals surface area contributed by atoms with E-state index < -0.39 is 0 Å². The SMILES string of the molecule is BrCC(CBr)(Cc1ccccc1)Cc1ccsc1. The lowest BCUT2D eigenvalue weighted by molar-refractivity contribution is 0.386. The Morgan fingerprint density at radius 2 is 1.56 bits per heavy atom. The molecule has 0 unspecified atom stereocenters. The van der Waals surface area contributed by atoms with Crippen LogP contribution in [0, 0.1) is 5.41 Å². The Balaban J connectivity index is 2.16. The Labute approximate surface area is 130 Å². The molecule has 0 aliphatic heterocycles. The lowest BCUT2D eigenvalue weighted by Gasteiger charge is -2.30. The summed E-state index contributed by atoms with van der Waals surface area (Å²) in [5.74, 6) is 0. The van der Waals surface area contributed by atoms with Crippen molar-refractivity contribution in [3.05, 3.63) is 58.3 Å². The average Bonchev–Trinajstić information content (AvgIpc) is 2.92. The number of thiophene rings is 1. The molecule has 0 atom stereocenters. The summed E-state index contributed by atoms with van der Waals surface area (Å²) >= 11 is 9.20. The highest BCUT2D eigenvalue weighted by molar-refractivity contribution is 9.09. The molecule has 0 bridgehead atoms. The Morgan fingerprint density at radius 1 is 0.889 bits per heavy atom. The molecule has 18 heavy (non-hydrogen) atoms. The van der Waals surface area contributed by atoms with Crippen molar-refractivity contribution in [2.75, 3.05) is 10.7 Å². The number of halogens is 2. The summed E-state index contributed by atoms with van der Waals surface area (Å²) in [7, 11) is 0. The van der Waals surface area contributed by atoms with Crippen molar-refractivity contribution in [2.24, 2.45) is 5.41 Å². The zero-order valence-corrected chi connectivity index (χ0v) is 14.1.